The van der Waals surface area contributed by atoms with Gasteiger partial charge in [-0.15, -0.1) is 0 Å². The molecule has 0 aliphatic carbocycles. The van der Waals surface area contributed by atoms with Gasteiger partial charge in [0.25, 0.3) is 0 Å². The third kappa shape index (κ3) is 3.07. The first kappa shape index (κ1) is 18.6. The molecule has 0 atom stereocenters. The first-order chi connectivity index (χ1) is 13.1. The highest BCUT2D eigenvalue weighted by Gasteiger charge is 2.25. The summed E-state index contributed by atoms with van der Waals surface area (Å²) in [6, 6.07) is 8.77. The third-order valence-electron chi connectivity index (χ3n) is 4.48. The summed E-state index contributed by atoms with van der Waals surface area (Å²) in [7, 11) is 6.15. The normalized spacial score (nSPS) is 10.7. The van der Waals surface area contributed by atoms with Crippen molar-refractivity contribution in [2.75, 3.05) is 28.4 Å². The highest BCUT2D eigenvalue weighted by atomic mass is 16.5. The molecular weight excluding hydrogens is 348 g/mol. The second-order valence-corrected chi connectivity index (χ2v) is 5.84. The molecular formula is C21H22O6. The summed E-state index contributed by atoms with van der Waals surface area (Å²) < 4.78 is 27.8. The van der Waals surface area contributed by atoms with E-state index in [1.165, 1.54) is 20.3 Å². The molecule has 0 spiro atoms. The fourth-order valence-electron chi connectivity index (χ4n) is 3.19. The molecule has 0 saturated heterocycles. The number of ether oxygens (including phenoxy) is 4. The van der Waals surface area contributed by atoms with E-state index in [4.69, 9.17) is 23.4 Å². The number of hydrogen-bond acceptors (Lipinski definition) is 6. The van der Waals surface area contributed by atoms with Crippen molar-refractivity contribution >= 4 is 11.0 Å². The Morgan fingerprint density at radius 2 is 1.48 bits per heavy atom. The maximum absolute atomic E-state index is 13.0. The Kier molecular flexibility index (Phi) is 5.26. The average Bonchev–Trinajstić information content (AvgIpc) is 2.71. The Balaban J connectivity index is 2.38. The van der Waals surface area contributed by atoms with E-state index in [9.17, 15) is 4.79 Å². The topological polar surface area (TPSA) is 67.1 Å². The number of methoxy groups -OCH3 is 4. The largest absolute Gasteiger partial charge is 0.497 e. The number of aryl methyl sites for hydroxylation is 1. The zero-order valence-corrected chi connectivity index (χ0v) is 16.0. The SMILES string of the molecule is CCc1c(OC)c(OC)c(OC)c2c(=O)cc(-c3ccc(OC)cc3)oc12. The van der Waals surface area contributed by atoms with Gasteiger partial charge in [0.15, 0.2) is 16.9 Å². The fraction of sp³-hybridized carbons (Fsp3) is 0.286. The zero-order valence-electron chi connectivity index (χ0n) is 16.0. The van der Waals surface area contributed by atoms with Crippen molar-refractivity contribution in [2.24, 2.45) is 0 Å². The second-order valence-electron chi connectivity index (χ2n) is 5.84. The molecule has 0 amide bonds. The van der Waals surface area contributed by atoms with E-state index in [-0.39, 0.29) is 5.43 Å². The Morgan fingerprint density at radius 3 is 2.00 bits per heavy atom. The summed E-state index contributed by atoms with van der Waals surface area (Å²) >= 11 is 0. The molecule has 0 aliphatic rings. The molecule has 0 bridgehead atoms. The molecule has 2 aromatic carbocycles. The van der Waals surface area contributed by atoms with Crippen LogP contribution in [0.25, 0.3) is 22.3 Å². The predicted octanol–water partition coefficient (Wildman–Crippen LogP) is 4.06. The molecule has 0 radical (unpaired) electrons. The van der Waals surface area contributed by atoms with Crippen LogP contribution in [0.1, 0.15) is 12.5 Å². The fourth-order valence-corrected chi connectivity index (χ4v) is 3.19. The average molecular weight is 370 g/mol. The lowest BCUT2D eigenvalue weighted by molar-refractivity contribution is 0.324. The molecule has 1 heterocycles. The van der Waals surface area contributed by atoms with Gasteiger partial charge in [0.05, 0.1) is 28.4 Å². The van der Waals surface area contributed by atoms with Gasteiger partial charge in [0, 0.05) is 17.2 Å². The van der Waals surface area contributed by atoms with E-state index in [0.717, 1.165) is 16.9 Å². The van der Waals surface area contributed by atoms with Crippen LogP contribution in [0.4, 0.5) is 0 Å². The quantitative estimate of drug-likeness (QED) is 0.652. The van der Waals surface area contributed by atoms with E-state index in [2.05, 4.69) is 0 Å². The highest BCUT2D eigenvalue weighted by Crippen LogP contribution is 2.46. The van der Waals surface area contributed by atoms with Crippen molar-refractivity contribution in [1.82, 2.24) is 0 Å². The number of fused-ring (bicyclic) bond motifs is 1. The lowest BCUT2D eigenvalue weighted by Crippen LogP contribution is -2.08. The Bertz CT molecular complexity index is 1020. The molecule has 0 unspecified atom stereocenters. The van der Waals surface area contributed by atoms with Crippen LogP contribution in [0.5, 0.6) is 23.0 Å². The first-order valence-corrected chi connectivity index (χ1v) is 8.52. The molecule has 0 aliphatic heterocycles. The van der Waals surface area contributed by atoms with E-state index in [1.807, 2.05) is 31.2 Å². The second kappa shape index (κ2) is 7.61. The minimum atomic E-state index is -0.213. The molecule has 0 N–H and O–H groups in total. The van der Waals surface area contributed by atoms with Gasteiger partial charge >= 0.3 is 0 Å². The smallest absolute Gasteiger partial charge is 0.204 e. The van der Waals surface area contributed by atoms with Gasteiger partial charge in [0.2, 0.25) is 5.75 Å². The van der Waals surface area contributed by atoms with Crippen molar-refractivity contribution in [3.8, 4) is 34.3 Å². The molecule has 1 aromatic heterocycles. The minimum Gasteiger partial charge on any atom is -0.497 e. The van der Waals surface area contributed by atoms with Gasteiger partial charge in [-0.3, -0.25) is 4.79 Å². The van der Waals surface area contributed by atoms with Crippen LogP contribution in [0, 0.1) is 0 Å². The van der Waals surface area contributed by atoms with Gasteiger partial charge in [-0.2, -0.15) is 0 Å². The molecule has 6 heteroatoms. The number of rotatable bonds is 6. The van der Waals surface area contributed by atoms with Gasteiger partial charge in [-0.05, 0) is 30.7 Å². The van der Waals surface area contributed by atoms with Crippen molar-refractivity contribution < 1.29 is 23.4 Å². The Hall–Kier alpha value is -3.15. The van der Waals surface area contributed by atoms with Crippen LogP contribution >= 0.6 is 0 Å². The summed E-state index contributed by atoms with van der Waals surface area (Å²) in [4.78, 5) is 13.0. The van der Waals surface area contributed by atoms with Gasteiger partial charge in [-0.25, -0.2) is 0 Å². The van der Waals surface area contributed by atoms with Crippen LogP contribution in [-0.2, 0) is 6.42 Å². The lowest BCUT2D eigenvalue weighted by Gasteiger charge is -2.18. The van der Waals surface area contributed by atoms with Gasteiger partial charge < -0.3 is 23.4 Å². The highest BCUT2D eigenvalue weighted by molar-refractivity contribution is 5.93. The number of benzene rings is 2. The predicted molar refractivity (Wildman–Crippen MR) is 104 cm³/mol. The maximum Gasteiger partial charge on any atom is 0.204 e. The molecule has 3 rings (SSSR count). The van der Waals surface area contributed by atoms with Crippen LogP contribution in [0.3, 0.4) is 0 Å². The first-order valence-electron chi connectivity index (χ1n) is 8.52. The number of hydrogen-bond donors (Lipinski definition) is 0. The molecule has 27 heavy (non-hydrogen) atoms. The zero-order chi connectivity index (χ0) is 19.6. The maximum atomic E-state index is 13.0. The van der Waals surface area contributed by atoms with E-state index in [0.29, 0.717) is 40.4 Å². The summed E-state index contributed by atoms with van der Waals surface area (Å²) in [6.07, 6.45) is 0.592. The summed E-state index contributed by atoms with van der Waals surface area (Å²) in [5, 5.41) is 0.337. The molecule has 0 fully saturated rings. The van der Waals surface area contributed by atoms with E-state index in [1.54, 1.807) is 14.2 Å². The Labute approximate surface area is 157 Å². The summed E-state index contributed by atoms with van der Waals surface area (Å²) in [6.45, 7) is 1.96. The molecule has 142 valence electrons. The standard InChI is InChI=1S/C21H22O6/c1-6-14-18-17(20(25-4)21(26-5)19(14)24-3)15(22)11-16(27-18)12-7-9-13(23-2)10-8-12/h7-11H,6H2,1-5H3. The third-order valence-corrected chi connectivity index (χ3v) is 4.48. The lowest BCUT2D eigenvalue weighted by atomic mass is 10.0. The van der Waals surface area contributed by atoms with Crippen molar-refractivity contribution in [2.45, 2.75) is 13.3 Å². The Morgan fingerprint density at radius 1 is 0.852 bits per heavy atom. The molecule has 0 saturated carbocycles. The van der Waals surface area contributed by atoms with Crippen molar-refractivity contribution in [3.63, 3.8) is 0 Å². The van der Waals surface area contributed by atoms with Crippen LogP contribution < -0.4 is 24.4 Å². The van der Waals surface area contributed by atoms with E-state index >= 15 is 0 Å². The van der Waals surface area contributed by atoms with Crippen molar-refractivity contribution in [3.05, 3.63) is 46.1 Å². The molecule has 3 aromatic rings. The van der Waals surface area contributed by atoms with Crippen LogP contribution in [-0.4, -0.2) is 28.4 Å². The van der Waals surface area contributed by atoms with Crippen LogP contribution in [0.15, 0.2) is 39.5 Å². The van der Waals surface area contributed by atoms with E-state index < -0.39 is 0 Å². The van der Waals surface area contributed by atoms with Gasteiger partial charge in [-0.1, -0.05) is 6.92 Å². The van der Waals surface area contributed by atoms with Gasteiger partial charge in [0.1, 0.15) is 22.5 Å². The van der Waals surface area contributed by atoms with Crippen molar-refractivity contribution in [1.29, 1.82) is 0 Å². The summed E-state index contributed by atoms with van der Waals surface area (Å²) in [5.41, 5.74) is 1.74. The van der Waals surface area contributed by atoms with Crippen LogP contribution in [0.2, 0.25) is 0 Å². The monoisotopic (exact) mass is 370 g/mol. The minimum absolute atomic E-state index is 0.213. The summed E-state index contributed by atoms with van der Waals surface area (Å²) in [5.74, 6) is 2.37. The molecule has 6 nitrogen and oxygen atoms in total.